The van der Waals surface area contributed by atoms with Gasteiger partial charge in [-0.2, -0.15) is 0 Å². The summed E-state index contributed by atoms with van der Waals surface area (Å²) in [4.78, 5) is 24.2. The van der Waals surface area contributed by atoms with E-state index < -0.39 is 0 Å². The van der Waals surface area contributed by atoms with Crippen LogP contribution in [0.5, 0.6) is 0 Å². The fourth-order valence-electron chi connectivity index (χ4n) is 3.36. The molecule has 3 aromatic heterocycles. The van der Waals surface area contributed by atoms with Crippen LogP contribution in [-0.4, -0.2) is 31.7 Å². The smallest absolute Gasteiger partial charge is 0.274 e. The SMILES string of the molecule is Cc1csc([C@@H]2CCCCN2C(=O)c2cn3c(C)cccc3n2)n1. The normalized spacial score (nSPS) is 18.2. The Labute approximate surface area is 145 Å². The summed E-state index contributed by atoms with van der Waals surface area (Å²) in [6.45, 7) is 4.79. The van der Waals surface area contributed by atoms with Crippen LogP contribution in [0.1, 0.15) is 52.2 Å². The maximum absolute atomic E-state index is 13.1. The van der Waals surface area contributed by atoms with Crippen LogP contribution in [0.4, 0.5) is 0 Å². The average molecular weight is 340 g/mol. The van der Waals surface area contributed by atoms with Gasteiger partial charge in [0.25, 0.3) is 5.91 Å². The van der Waals surface area contributed by atoms with Gasteiger partial charge >= 0.3 is 0 Å². The number of rotatable bonds is 2. The third kappa shape index (κ3) is 2.60. The third-order valence-electron chi connectivity index (χ3n) is 4.60. The second kappa shape index (κ2) is 6.02. The molecular formula is C18H20N4OS. The van der Waals surface area contributed by atoms with E-state index in [4.69, 9.17) is 0 Å². The number of carbonyl (C=O) groups is 1. The van der Waals surface area contributed by atoms with Gasteiger partial charge in [-0.05, 0) is 45.2 Å². The first-order valence-corrected chi connectivity index (χ1v) is 9.19. The van der Waals surface area contributed by atoms with Crippen LogP contribution in [0.2, 0.25) is 0 Å². The van der Waals surface area contributed by atoms with Crippen molar-refractivity contribution in [1.29, 1.82) is 0 Å². The lowest BCUT2D eigenvalue weighted by Gasteiger charge is -2.34. The van der Waals surface area contributed by atoms with E-state index in [0.29, 0.717) is 5.69 Å². The number of nitrogens with zero attached hydrogens (tertiary/aromatic N) is 4. The lowest BCUT2D eigenvalue weighted by molar-refractivity contribution is 0.0605. The van der Waals surface area contributed by atoms with Crippen LogP contribution in [0, 0.1) is 13.8 Å². The molecule has 0 unspecified atom stereocenters. The maximum atomic E-state index is 13.1. The highest BCUT2D eigenvalue weighted by atomic mass is 32.1. The number of hydrogen-bond acceptors (Lipinski definition) is 4. The van der Waals surface area contributed by atoms with Crippen LogP contribution >= 0.6 is 11.3 Å². The summed E-state index contributed by atoms with van der Waals surface area (Å²) < 4.78 is 1.97. The third-order valence-corrected chi connectivity index (χ3v) is 5.66. The number of piperidine rings is 1. The van der Waals surface area contributed by atoms with E-state index in [1.165, 1.54) is 0 Å². The zero-order valence-corrected chi connectivity index (χ0v) is 14.7. The predicted molar refractivity (Wildman–Crippen MR) is 94.4 cm³/mol. The highest BCUT2D eigenvalue weighted by molar-refractivity contribution is 7.09. The van der Waals surface area contributed by atoms with Crippen LogP contribution in [0.15, 0.2) is 29.8 Å². The second-order valence-corrected chi connectivity index (χ2v) is 7.25. The molecule has 0 saturated carbocycles. The Hall–Kier alpha value is -2.21. The first kappa shape index (κ1) is 15.3. The van der Waals surface area contributed by atoms with Gasteiger partial charge in [-0.25, -0.2) is 9.97 Å². The molecule has 1 fully saturated rings. The Morgan fingerprint density at radius 1 is 1.25 bits per heavy atom. The minimum absolute atomic E-state index is 0.00986. The second-order valence-electron chi connectivity index (χ2n) is 6.36. The summed E-state index contributed by atoms with van der Waals surface area (Å²) in [6, 6.07) is 6.00. The van der Waals surface area contributed by atoms with Gasteiger partial charge in [0.05, 0.1) is 6.04 Å². The molecule has 0 radical (unpaired) electrons. The summed E-state index contributed by atoms with van der Waals surface area (Å²) >= 11 is 1.65. The molecule has 0 bridgehead atoms. The Bertz CT molecular complexity index is 897. The molecule has 124 valence electrons. The van der Waals surface area contributed by atoms with Crippen LogP contribution < -0.4 is 0 Å². The maximum Gasteiger partial charge on any atom is 0.274 e. The number of thiazole rings is 1. The molecular weight excluding hydrogens is 320 g/mol. The van der Waals surface area contributed by atoms with Crippen molar-refractivity contribution < 1.29 is 4.79 Å². The minimum atomic E-state index is 0.00986. The highest BCUT2D eigenvalue weighted by Gasteiger charge is 2.31. The Balaban J connectivity index is 1.69. The molecule has 6 heteroatoms. The molecule has 0 spiro atoms. The van der Waals surface area contributed by atoms with Gasteiger partial charge in [-0.15, -0.1) is 11.3 Å². The van der Waals surface area contributed by atoms with Gasteiger partial charge in [0.1, 0.15) is 16.3 Å². The molecule has 1 atom stereocenters. The fraction of sp³-hybridized carbons (Fsp3) is 0.389. The number of pyridine rings is 1. The molecule has 5 nitrogen and oxygen atoms in total. The standard InChI is InChI=1S/C18H20N4OS/c1-12-11-24-17(19-12)15-7-3-4-9-21(15)18(23)14-10-22-13(2)6-5-8-16(22)20-14/h5-6,8,10-11,15H,3-4,7,9H2,1-2H3/t15-/m0/s1. The number of imidazole rings is 1. The summed E-state index contributed by atoms with van der Waals surface area (Å²) in [5.74, 6) is 0.00986. The van der Waals surface area contributed by atoms with Gasteiger partial charge in [-0.3, -0.25) is 4.79 Å². The minimum Gasteiger partial charge on any atom is -0.328 e. The van der Waals surface area contributed by atoms with E-state index in [1.807, 2.05) is 47.5 Å². The molecule has 0 aliphatic carbocycles. The number of fused-ring (bicyclic) bond motifs is 1. The number of amides is 1. The predicted octanol–water partition coefficient (Wildman–Crippen LogP) is 3.78. The van der Waals surface area contributed by atoms with Crippen molar-refractivity contribution in [3.63, 3.8) is 0 Å². The van der Waals surface area contributed by atoms with Gasteiger partial charge in [0, 0.05) is 29.5 Å². The topological polar surface area (TPSA) is 50.5 Å². The summed E-state index contributed by atoms with van der Waals surface area (Å²) in [6.07, 6.45) is 5.01. The van der Waals surface area contributed by atoms with Gasteiger partial charge in [0.15, 0.2) is 0 Å². The molecule has 4 heterocycles. The molecule has 0 aromatic carbocycles. The lowest BCUT2D eigenvalue weighted by Crippen LogP contribution is -2.38. The Morgan fingerprint density at radius 3 is 2.88 bits per heavy atom. The van der Waals surface area contributed by atoms with Crippen molar-refractivity contribution in [2.24, 2.45) is 0 Å². The van der Waals surface area contributed by atoms with Crippen molar-refractivity contribution in [2.45, 2.75) is 39.2 Å². The Morgan fingerprint density at radius 2 is 2.12 bits per heavy atom. The first-order chi connectivity index (χ1) is 11.6. The largest absolute Gasteiger partial charge is 0.328 e. The molecule has 0 N–H and O–H groups in total. The van der Waals surface area contributed by atoms with Gasteiger partial charge in [0.2, 0.25) is 0 Å². The van der Waals surface area contributed by atoms with Crippen molar-refractivity contribution in [3.8, 4) is 0 Å². The number of aromatic nitrogens is 3. The van der Waals surface area contributed by atoms with E-state index in [-0.39, 0.29) is 11.9 Å². The monoisotopic (exact) mass is 340 g/mol. The molecule has 1 aliphatic heterocycles. The fourth-order valence-corrected chi connectivity index (χ4v) is 4.30. The molecule has 1 amide bonds. The van der Waals surface area contributed by atoms with Crippen molar-refractivity contribution in [2.75, 3.05) is 6.54 Å². The molecule has 24 heavy (non-hydrogen) atoms. The van der Waals surface area contributed by atoms with Crippen molar-refractivity contribution in [3.05, 3.63) is 51.9 Å². The van der Waals surface area contributed by atoms with E-state index in [1.54, 1.807) is 11.3 Å². The molecule has 1 saturated heterocycles. The van der Waals surface area contributed by atoms with Gasteiger partial charge in [-0.1, -0.05) is 6.07 Å². The quantitative estimate of drug-likeness (QED) is 0.713. The summed E-state index contributed by atoms with van der Waals surface area (Å²) in [5.41, 5.74) is 3.43. The van der Waals surface area contributed by atoms with Gasteiger partial charge < -0.3 is 9.30 Å². The van der Waals surface area contributed by atoms with E-state index in [9.17, 15) is 4.79 Å². The lowest BCUT2D eigenvalue weighted by atomic mass is 10.0. The molecule has 4 rings (SSSR count). The zero-order valence-electron chi connectivity index (χ0n) is 13.9. The molecule has 1 aliphatic rings. The summed E-state index contributed by atoms with van der Waals surface area (Å²) in [5, 5.41) is 3.10. The number of carbonyl (C=O) groups excluding carboxylic acids is 1. The first-order valence-electron chi connectivity index (χ1n) is 8.31. The van der Waals surface area contributed by atoms with E-state index in [2.05, 4.69) is 15.3 Å². The summed E-state index contributed by atoms with van der Waals surface area (Å²) in [7, 11) is 0. The Kier molecular flexibility index (Phi) is 3.84. The van der Waals surface area contributed by atoms with Crippen molar-refractivity contribution >= 4 is 22.9 Å². The van der Waals surface area contributed by atoms with E-state index >= 15 is 0 Å². The average Bonchev–Trinajstić information content (AvgIpc) is 3.21. The number of hydrogen-bond donors (Lipinski definition) is 0. The molecule has 3 aromatic rings. The van der Waals surface area contributed by atoms with Crippen LogP contribution in [0.25, 0.3) is 5.65 Å². The van der Waals surface area contributed by atoms with E-state index in [0.717, 1.165) is 47.8 Å². The number of aryl methyl sites for hydroxylation is 2. The zero-order chi connectivity index (χ0) is 16.7. The van der Waals surface area contributed by atoms with Crippen LogP contribution in [0.3, 0.4) is 0 Å². The van der Waals surface area contributed by atoms with Crippen LogP contribution in [-0.2, 0) is 0 Å². The van der Waals surface area contributed by atoms with Crippen molar-refractivity contribution in [1.82, 2.24) is 19.3 Å². The highest BCUT2D eigenvalue weighted by Crippen LogP contribution is 2.33. The number of likely N-dealkylation sites (tertiary alicyclic amines) is 1.